The van der Waals surface area contributed by atoms with E-state index in [1.54, 1.807) is 7.11 Å². The molecule has 0 aliphatic heterocycles. The van der Waals surface area contributed by atoms with E-state index in [1.807, 2.05) is 13.8 Å². The van der Waals surface area contributed by atoms with Crippen LogP contribution in [0.4, 0.5) is 0 Å². The van der Waals surface area contributed by atoms with E-state index in [0.717, 1.165) is 0 Å². The average Bonchev–Trinajstić information content (AvgIpc) is 2.55. The van der Waals surface area contributed by atoms with Crippen LogP contribution in [0.2, 0.25) is 0 Å². The lowest BCUT2D eigenvalue weighted by Gasteiger charge is -2.21. The Morgan fingerprint density at radius 1 is 1.29 bits per heavy atom. The number of hydrogen-bond acceptors (Lipinski definition) is 2. The van der Waals surface area contributed by atoms with Crippen LogP contribution in [0.5, 0.6) is 0 Å². The van der Waals surface area contributed by atoms with Gasteiger partial charge in [-0.2, -0.15) is 0 Å². The molecule has 1 rings (SSSR count). The molecule has 0 aromatic carbocycles. The van der Waals surface area contributed by atoms with E-state index in [9.17, 15) is 0 Å². The Balaban J connectivity index is 2.36. The number of nitrogens with zero attached hydrogens (tertiary/aromatic N) is 1. The van der Waals surface area contributed by atoms with Gasteiger partial charge in [0.2, 0.25) is 0 Å². The topological polar surface area (TPSA) is 59.6 Å². The fourth-order valence-corrected chi connectivity index (χ4v) is 2.02. The molecule has 0 atom stereocenters. The Morgan fingerprint density at radius 2 is 1.88 bits per heavy atom. The van der Waals surface area contributed by atoms with Crippen molar-refractivity contribution in [1.82, 2.24) is 5.32 Å². The van der Waals surface area contributed by atoms with Gasteiger partial charge in [-0.1, -0.05) is 25.7 Å². The first-order valence-electron chi connectivity index (χ1n) is 6.65. The average molecular weight is 241 g/mol. The minimum atomic E-state index is -0.240. The van der Waals surface area contributed by atoms with Crippen molar-refractivity contribution in [1.29, 1.82) is 0 Å². The van der Waals surface area contributed by atoms with Gasteiger partial charge >= 0.3 is 0 Å². The largest absolute Gasteiger partial charge is 0.377 e. The summed E-state index contributed by atoms with van der Waals surface area (Å²) in [6.45, 7) is 4.61. The number of nitrogens with one attached hydrogen (secondary N) is 1. The van der Waals surface area contributed by atoms with E-state index in [0.29, 0.717) is 18.5 Å². The summed E-state index contributed by atoms with van der Waals surface area (Å²) in [5.41, 5.74) is 5.66. The van der Waals surface area contributed by atoms with Crippen molar-refractivity contribution < 1.29 is 4.74 Å². The van der Waals surface area contributed by atoms with E-state index in [2.05, 4.69) is 10.3 Å². The molecule has 17 heavy (non-hydrogen) atoms. The maximum Gasteiger partial charge on any atom is 0.188 e. The van der Waals surface area contributed by atoms with Gasteiger partial charge < -0.3 is 15.8 Å². The van der Waals surface area contributed by atoms with E-state index in [-0.39, 0.29) is 5.60 Å². The van der Waals surface area contributed by atoms with Gasteiger partial charge in [-0.3, -0.25) is 4.99 Å². The molecule has 0 aromatic rings. The van der Waals surface area contributed by atoms with Crippen molar-refractivity contribution in [3.8, 4) is 0 Å². The van der Waals surface area contributed by atoms with Crippen molar-refractivity contribution >= 4 is 5.96 Å². The fraction of sp³-hybridized carbons (Fsp3) is 0.923. The Bertz CT molecular complexity index is 243. The highest BCUT2D eigenvalue weighted by atomic mass is 16.5. The monoisotopic (exact) mass is 241 g/mol. The van der Waals surface area contributed by atoms with Gasteiger partial charge in [0.25, 0.3) is 0 Å². The van der Waals surface area contributed by atoms with Crippen LogP contribution in [-0.2, 0) is 4.74 Å². The molecule has 0 spiro atoms. The van der Waals surface area contributed by atoms with E-state index in [4.69, 9.17) is 10.5 Å². The van der Waals surface area contributed by atoms with Gasteiger partial charge in [0.1, 0.15) is 0 Å². The highest BCUT2D eigenvalue weighted by molar-refractivity contribution is 5.78. The van der Waals surface area contributed by atoms with Crippen molar-refractivity contribution in [2.24, 2.45) is 10.7 Å². The number of hydrogen-bond donors (Lipinski definition) is 2. The van der Waals surface area contributed by atoms with Gasteiger partial charge in [0.15, 0.2) is 5.96 Å². The van der Waals surface area contributed by atoms with Gasteiger partial charge in [0, 0.05) is 13.2 Å². The second-order valence-corrected chi connectivity index (χ2v) is 5.50. The second-order valence-electron chi connectivity index (χ2n) is 5.50. The van der Waals surface area contributed by atoms with Crippen molar-refractivity contribution in [3.63, 3.8) is 0 Å². The first kappa shape index (κ1) is 14.3. The summed E-state index contributed by atoms with van der Waals surface area (Å²) in [4.78, 5) is 4.35. The predicted molar refractivity (Wildman–Crippen MR) is 72.2 cm³/mol. The van der Waals surface area contributed by atoms with Crippen LogP contribution in [0.15, 0.2) is 4.99 Å². The zero-order valence-corrected chi connectivity index (χ0v) is 11.5. The van der Waals surface area contributed by atoms with Crippen LogP contribution in [0.1, 0.15) is 52.4 Å². The summed E-state index contributed by atoms with van der Waals surface area (Å²) in [6, 6.07) is 0.506. The molecule has 0 heterocycles. The first-order chi connectivity index (χ1) is 8.03. The van der Waals surface area contributed by atoms with Crippen molar-refractivity contribution in [2.45, 2.75) is 64.0 Å². The summed E-state index contributed by atoms with van der Waals surface area (Å²) in [7, 11) is 1.70. The van der Waals surface area contributed by atoms with Gasteiger partial charge in [-0.15, -0.1) is 0 Å². The molecule has 4 heteroatoms. The van der Waals surface area contributed by atoms with Gasteiger partial charge in [-0.25, -0.2) is 0 Å². The highest BCUT2D eigenvalue weighted by Gasteiger charge is 2.16. The highest BCUT2D eigenvalue weighted by Crippen LogP contribution is 2.17. The minimum Gasteiger partial charge on any atom is -0.377 e. The second kappa shape index (κ2) is 6.84. The molecular formula is C13H27N3O. The fourth-order valence-electron chi connectivity index (χ4n) is 2.02. The van der Waals surface area contributed by atoms with E-state index in [1.165, 1.54) is 38.5 Å². The molecule has 0 bridgehead atoms. The van der Waals surface area contributed by atoms with Crippen molar-refractivity contribution in [3.05, 3.63) is 0 Å². The molecule has 100 valence electrons. The van der Waals surface area contributed by atoms with E-state index >= 15 is 0 Å². The van der Waals surface area contributed by atoms with Crippen LogP contribution in [0, 0.1) is 0 Å². The summed E-state index contributed by atoms with van der Waals surface area (Å²) in [5, 5.41) is 3.33. The quantitative estimate of drug-likeness (QED) is 0.450. The number of ether oxygens (including phenoxy) is 1. The number of aliphatic imine (C=N–C) groups is 1. The van der Waals surface area contributed by atoms with Crippen LogP contribution in [-0.4, -0.2) is 31.3 Å². The number of rotatable bonds is 4. The minimum absolute atomic E-state index is 0.240. The Hall–Kier alpha value is -0.770. The SMILES string of the molecule is COC(C)(C)CN=C(N)NC1CCCCCC1. The lowest BCUT2D eigenvalue weighted by Crippen LogP contribution is -2.41. The number of methoxy groups -OCH3 is 1. The van der Waals surface area contributed by atoms with Crippen LogP contribution in [0.25, 0.3) is 0 Å². The molecule has 4 nitrogen and oxygen atoms in total. The molecule has 0 aromatic heterocycles. The summed E-state index contributed by atoms with van der Waals surface area (Å²) < 4.78 is 5.31. The number of nitrogens with two attached hydrogens (primary N) is 1. The zero-order chi connectivity index (χ0) is 12.7. The predicted octanol–water partition coefficient (Wildman–Crippen LogP) is 2.04. The molecule has 1 fully saturated rings. The summed E-state index contributed by atoms with van der Waals surface area (Å²) >= 11 is 0. The Labute approximate surface area is 105 Å². The molecule has 1 aliphatic rings. The lowest BCUT2D eigenvalue weighted by atomic mass is 10.1. The molecule has 1 aliphatic carbocycles. The number of guanidine groups is 1. The molecule has 0 amide bonds. The maximum atomic E-state index is 5.90. The standard InChI is InChI=1S/C13H27N3O/c1-13(2,17-3)10-15-12(14)16-11-8-6-4-5-7-9-11/h11H,4-10H2,1-3H3,(H3,14,15,16). The van der Waals surface area contributed by atoms with Crippen LogP contribution in [0.3, 0.4) is 0 Å². The molecule has 0 unspecified atom stereocenters. The van der Waals surface area contributed by atoms with Crippen LogP contribution >= 0.6 is 0 Å². The molecule has 3 N–H and O–H groups in total. The van der Waals surface area contributed by atoms with Gasteiger partial charge in [0.05, 0.1) is 12.1 Å². The zero-order valence-electron chi connectivity index (χ0n) is 11.5. The van der Waals surface area contributed by atoms with Gasteiger partial charge in [-0.05, 0) is 26.7 Å². The van der Waals surface area contributed by atoms with Crippen LogP contribution < -0.4 is 11.1 Å². The smallest absolute Gasteiger partial charge is 0.188 e. The maximum absolute atomic E-state index is 5.90. The Morgan fingerprint density at radius 3 is 2.41 bits per heavy atom. The third kappa shape index (κ3) is 5.91. The first-order valence-corrected chi connectivity index (χ1v) is 6.65. The lowest BCUT2D eigenvalue weighted by molar-refractivity contribution is 0.0311. The van der Waals surface area contributed by atoms with Crippen molar-refractivity contribution in [2.75, 3.05) is 13.7 Å². The molecule has 1 saturated carbocycles. The molecule has 0 radical (unpaired) electrons. The summed E-state index contributed by atoms with van der Waals surface area (Å²) in [6.07, 6.45) is 7.73. The Kier molecular flexibility index (Phi) is 5.75. The third-order valence-corrected chi connectivity index (χ3v) is 3.39. The normalized spacial score (nSPS) is 20.1. The summed E-state index contributed by atoms with van der Waals surface area (Å²) in [5.74, 6) is 0.557. The molecular weight excluding hydrogens is 214 g/mol. The molecule has 0 saturated heterocycles. The third-order valence-electron chi connectivity index (χ3n) is 3.39. The van der Waals surface area contributed by atoms with E-state index < -0.39 is 0 Å².